The average molecular weight is 356 g/mol. The van der Waals surface area contributed by atoms with Gasteiger partial charge in [-0.15, -0.1) is 0 Å². The molecule has 1 saturated heterocycles. The molecule has 0 unspecified atom stereocenters. The van der Waals surface area contributed by atoms with Crippen molar-refractivity contribution in [2.24, 2.45) is 0 Å². The molecule has 7 heteroatoms. The van der Waals surface area contributed by atoms with Crippen LogP contribution < -0.4 is 15.5 Å². The third-order valence-corrected chi connectivity index (χ3v) is 4.73. The molecule has 2 aliphatic rings. The summed E-state index contributed by atoms with van der Waals surface area (Å²) in [6.45, 7) is 2.80. The lowest BCUT2D eigenvalue weighted by Crippen LogP contribution is -2.38. The van der Waals surface area contributed by atoms with Gasteiger partial charge < -0.3 is 20.3 Å². The van der Waals surface area contributed by atoms with E-state index in [1.165, 1.54) is 12.1 Å². The number of anilines is 2. The van der Waals surface area contributed by atoms with E-state index in [9.17, 15) is 9.18 Å². The van der Waals surface area contributed by atoms with Gasteiger partial charge in [0.2, 0.25) is 0 Å². The van der Waals surface area contributed by atoms with Gasteiger partial charge in [0.1, 0.15) is 5.82 Å². The van der Waals surface area contributed by atoms with Gasteiger partial charge in [-0.05, 0) is 36.2 Å². The van der Waals surface area contributed by atoms with E-state index < -0.39 is 0 Å². The van der Waals surface area contributed by atoms with Gasteiger partial charge in [-0.3, -0.25) is 0 Å². The average Bonchev–Trinajstić information content (AvgIpc) is 3.42. The lowest BCUT2D eigenvalue weighted by molar-refractivity contribution is 0.122. The van der Waals surface area contributed by atoms with Crippen LogP contribution >= 0.6 is 0 Å². The van der Waals surface area contributed by atoms with E-state index >= 15 is 0 Å². The summed E-state index contributed by atoms with van der Waals surface area (Å²) >= 11 is 0. The fourth-order valence-electron chi connectivity index (χ4n) is 3.31. The maximum absolute atomic E-state index is 13.3. The number of benzene rings is 1. The molecule has 0 bridgehead atoms. The summed E-state index contributed by atoms with van der Waals surface area (Å²) in [4.78, 5) is 18.9. The van der Waals surface area contributed by atoms with Gasteiger partial charge in [0.15, 0.2) is 5.82 Å². The Morgan fingerprint density at radius 3 is 2.88 bits per heavy atom. The number of morpholine rings is 1. The molecule has 1 aromatic carbocycles. The zero-order chi connectivity index (χ0) is 17.9. The maximum atomic E-state index is 13.3. The highest BCUT2D eigenvalue weighted by atomic mass is 19.1. The van der Waals surface area contributed by atoms with E-state index in [4.69, 9.17) is 4.74 Å². The van der Waals surface area contributed by atoms with Gasteiger partial charge in [0.05, 0.1) is 18.9 Å². The Kier molecular flexibility index (Phi) is 4.71. The van der Waals surface area contributed by atoms with Gasteiger partial charge in [-0.1, -0.05) is 12.1 Å². The minimum absolute atomic E-state index is 0.0281. The SMILES string of the molecule is O=C(Nc1cccnc1N1CCOCC1)N[C@@H]1C[C@H]1c1cccc(F)c1. The monoisotopic (exact) mass is 356 g/mol. The van der Waals surface area contributed by atoms with Crippen LogP contribution in [0.2, 0.25) is 0 Å². The van der Waals surface area contributed by atoms with Crippen molar-refractivity contribution >= 4 is 17.5 Å². The van der Waals surface area contributed by atoms with Gasteiger partial charge in [-0.25, -0.2) is 14.2 Å². The second kappa shape index (κ2) is 7.29. The van der Waals surface area contributed by atoms with Crippen molar-refractivity contribution in [2.75, 3.05) is 36.5 Å². The fraction of sp³-hybridized carbons (Fsp3) is 0.368. The van der Waals surface area contributed by atoms with Crippen LogP contribution in [0.25, 0.3) is 0 Å². The first-order valence-corrected chi connectivity index (χ1v) is 8.81. The van der Waals surface area contributed by atoms with Crippen LogP contribution in [0.15, 0.2) is 42.6 Å². The number of amides is 2. The molecule has 2 amide bonds. The number of pyridine rings is 1. The lowest BCUT2D eigenvalue weighted by atomic mass is 10.1. The number of ether oxygens (including phenoxy) is 1. The molecule has 2 fully saturated rings. The molecule has 1 aliphatic heterocycles. The molecule has 1 aliphatic carbocycles. The number of nitrogens with one attached hydrogen (secondary N) is 2. The first kappa shape index (κ1) is 16.8. The quantitative estimate of drug-likeness (QED) is 0.884. The highest BCUT2D eigenvalue weighted by Crippen LogP contribution is 2.41. The molecule has 26 heavy (non-hydrogen) atoms. The minimum Gasteiger partial charge on any atom is -0.378 e. The summed E-state index contributed by atoms with van der Waals surface area (Å²) in [6.07, 6.45) is 2.54. The molecule has 2 aromatic rings. The normalized spacial score (nSPS) is 22.0. The molecule has 1 saturated carbocycles. The van der Waals surface area contributed by atoms with Crippen molar-refractivity contribution in [1.29, 1.82) is 0 Å². The molecule has 2 N–H and O–H groups in total. The molecule has 0 spiro atoms. The second-order valence-electron chi connectivity index (χ2n) is 6.58. The number of nitrogens with zero attached hydrogens (tertiary/aromatic N) is 2. The number of aromatic nitrogens is 1. The van der Waals surface area contributed by atoms with Gasteiger partial charge in [-0.2, -0.15) is 0 Å². The molecule has 0 radical (unpaired) electrons. The molecule has 1 aromatic heterocycles. The zero-order valence-corrected chi connectivity index (χ0v) is 14.3. The first-order chi connectivity index (χ1) is 12.7. The molecule has 136 valence electrons. The van der Waals surface area contributed by atoms with Crippen molar-refractivity contribution in [1.82, 2.24) is 10.3 Å². The number of rotatable bonds is 4. The molecule has 4 rings (SSSR count). The maximum Gasteiger partial charge on any atom is 0.319 e. The van der Waals surface area contributed by atoms with Crippen LogP contribution in [-0.4, -0.2) is 43.4 Å². The molecule has 2 heterocycles. The predicted octanol–water partition coefficient (Wildman–Crippen LogP) is 2.73. The second-order valence-corrected chi connectivity index (χ2v) is 6.58. The van der Waals surface area contributed by atoms with E-state index in [-0.39, 0.29) is 23.8 Å². The standard InChI is InChI=1S/C19H21FN4O2/c20-14-4-1-3-13(11-14)15-12-17(15)23-19(25)22-16-5-2-6-21-18(16)24-7-9-26-10-8-24/h1-6,11,15,17H,7-10,12H2,(H2,22,23,25)/t15-,17+/m0/s1. The minimum atomic E-state index is -0.267. The van der Waals surface area contributed by atoms with Crippen LogP contribution in [0.4, 0.5) is 20.7 Å². The molecule has 2 atom stereocenters. The van der Waals surface area contributed by atoms with Crippen LogP contribution in [0.1, 0.15) is 17.9 Å². The summed E-state index contributed by atoms with van der Waals surface area (Å²) in [5.41, 5.74) is 1.60. The summed E-state index contributed by atoms with van der Waals surface area (Å²) in [6, 6.07) is 9.95. The Bertz CT molecular complexity index is 795. The van der Waals surface area contributed by atoms with Crippen molar-refractivity contribution < 1.29 is 13.9 Å². The van der Waals surface area contributed by atoms with Crippen LogP contribution in [-0.2, 0) is 4.74 Å². The predicted molar refractivity (Wildman–Crippen MR) is 97.0 cm³/mol. The fourth-order valence-corrected chi connectivity index (χ4v) is 3.31. The van der Waals surface area contributed by atoms with E-state index in [0.717, 1.165) is 30.9 Å². The Morgan fingerprint density at radius 2 is 2.08 bits per heavy atom. The highest BCUT2D eigenvalue weighted by molar-refractivity contribution is 5.92. The highest BCUT2D eigenvalue weighted by Gasteiger charge is 2.39. The number of carbonyl (C=O) groups is 1. The van der Waals surface area contributed by atoms with Crippen molar-refractivity contribution in [3.63, 3.8) is 0 Å². The topological polar surface area (TPSA) is 66.5 Å². The Labute approximate surface area is 151 Å². The van der Waals surface area contributed by atoms with E-state index in [1.807, 2.05) is 12.1 Å². The van der Waals surface area contributed by atoms with Crippen molar-refractivity contribution in [3.05, 3.63) is 54.0 Å². The van der Waals surface area contributed by atoms with Gasteiger partial charge in [0, 0.05) is 31.2 Å². The van der Waals surface area contributed by atoms with Gasteiger partial charge in [0.25, 0.3) is 0 Å². The smallest absolute Gasteiger partial charge is 0.319 e. The summed E-state index contributed by atoms with van der Waals surface area (Å²) < 4.78 is 18.7. The largest absolute Gasteiger partial charge is 0.378 e. The number of urea groups is 1. The van der Waals surface area contributed by atoms with Crippen molar-refractivity contribution in [3.8, 4) is 0 Å². The summed E-state index contributed by atoms with van der Waals surface area (Å²) in [7, 11) is 0. The Balaban J connectivity index is 1.37. The van der Waals surface area contributed by atoms with Crippen LogP contribution in [0, 0.1) is 5.82 Å². The third kappa shape index (κ3) is 3.77. The summed E-state index contributed by atoms with van der Waals surface area (Å²) in [5.74, 6) is 0.676. The number of halogens is 1. The zero-order valence-electron chi connectivity index (χ0n) is 14.3. The first-order valence-electron chi connectivity index (χ1n) is 8.81. The van der Waals surface area contributed by atoms with E-state index in [1.54, 1.807) is 18.3 Å². The third-order valence-electron chi connectivity index (χ3n) is 4.73. The summed E-state index contributed by atoms with van der Waals surface area (Å²) in [5, 5.41) is 5.85. The van der Waals surface area contributed by atoms with Crippen molar-refractivity contribution in [2.45, 2.75) is 18.4 Å². The Morgan fingerprint density at radius 1 is 1.23 bits per heavy atom. The van der Waals surface area contributed by atoms with Crippen LogP contribution in [0.3, 0.4) is 0 Å². The Hall–Kier alpha value is -2.67. The molecule has 6 nitrogen and oxygen atoms in total. The lowest BCUT2D eigenvalue weighted by Gasteiger charge is -2.29. The van der Waals surface area contributed by atoms with E-state index in [0.29, 0.717) is 18.9 Å². The number of hydrogen-bond donors (Lipinski definition) is 2. The molecular weight excluding hydrogens is 335 g/mol. The van der Waals surface area contributed by atoms with Crippen LogP contribution in [0.5, 0.6) is 0 Å². The van der Waals surface area contributed by atoms with E-state index in [2.05, 4.69) is 20.5 Å². The number of hydrogen-bond acceptors (Lipinski definition) is 4. The molecular formula is C19H21FN4O2. The van der Waals surface area contributed by atoms with Gasteiger partial charge >= 0.3 is 6.03 Å². The number of carbonyl (C=O) groups excluding carboxylic acids is 1.